The van der Waals surface area contributed by atoms with E-state index in [1.807, 2.05) is 11.5 Å². The lowest BCUT2D eigenvalue weighted by Crippen LogP contribution is -2.56. The summed E-state index contributed by atoms with van der Waals surface area (Å²) in [4.78, 5) is 35.8. The summed E-state index contributed by atoms with van der Waals surface area (Å²) < 4.78 is 31.5. The minimum atomic E-state index is -1.28. The van der Waals surface area contributed by atoms with Crippen molar-refractivity contribution < 1.29 is 18.7 Å². The largest absolute Gasteiger partial charge is 0.378 e. The summed E-state index contributed by atoms with van der Waals surface area (Å²) in [6.45, 7) is 16.8. The summed E-state index contributed by atoms with van der Waals surface area (Å²) in [6, 6.07) is 15.1. The number of nitrogens with zero attached hydrogens (tertiary/aromatic N) is 8. The molecule has 0 unspecified atom stereocenters. The van der Waals surface area contributed by atoms with E-state index >= 15 is 4.39 Å². The number of ether oxygens (including phenoxy) is 2. The summed E-state index contributed by atoms with van der Waals surface area (Å²) in [5, 5.41) is 3.53. The molecule has 14 heteroatoms. The van der Waals surface area contributed by atoms with Gasteiger partial charge in [-0.3, -0.25) is 14.3 Å². The lowest BCUT2D eigenvalue weighted by molar-refractivity contribution is -0.0660. The van der Waals surface area contributed by atoms with Crippen LogP contribution in [0.1, 0.15) is 47.1 Å². The highest BCUT2D eigenvalue weighted by Crippen LogP contribution is 2.37. The second-order valence-corrected chi connectivity index (χ2v) is 22.8. The summed E-state index contributed by atoms with van der Waals surface area (Å²) >= 11 is 0. The monoisotopic (exact) mass is 791 g/mol. The van der Waals surface area contributed by atoms with Crippen LogP contribution in [0.15, 0.2) is 48.8 Å². The van der Waals surface area contributed by atoms with Gasteiger partial charge in [0.15, 0.2) is 22.8 Å². The Morgan fingerprint density at radius 3 is 2.49 bits per heavy atom. The number of aryl methyl sites for hydroxylation is 1. The van der Waals surface area contributed by atoms with Crippen LogP contribution in [0.5, 0.6) is 0 Å². The number of benzene rings is 2. The van der Waals surface area contributed by atoms with Gasteiger partial charge in [0.05, 0.1) is 31.3 Å². The molecule has 6 heterocycles. The molecular formula is C43H54FN9O3Si. The zero-order valence-corrected chi connectivity index (χ0v) is 34.7. The van der Waals surface area contributed by atoms with Gasteiger partial charge in [0.1, 0.15) is 18.2 Å². The Labute approximate surface area is 335 Å². The predicted octanol–water partition coefficient (Wildman–Crippen LogP) is 7.11. The van der Waals surface area contributed by atoms with Gasteiger partial charge < -0.3 is 29.2 Å². The molecule has 2 saturated heterocycles. The quantitative estimate of drug-likeness (QED) is 0.105. The fourth-order valence-corrected chi connectivity index (χ4v) is 9.52. The van der Waals surface area contributed by atoms with Crippen LogP contribution in [0.4, 0.5) is 27.3 Å². The first kappa shape index (κ1) is 37.9. The van der Waals surface area contributed by atoms with Crippen molar-refractivity contribution in [3.63, 3.8) is 0 Å². The summed E-state index contributed by atoms with van der Waals surface area (Å²) in [7, 11) is -1.28. The first-order chi connectivity index (χ1) is 27.6. The third-order valence-electron chi connectivity index (χ3n) is 12.1. The molecule has 1 aliphatic carbocycles. The highest BCUT2D eigenvalue weighted by atomic mass is 28.3. The SMILES string of the molecule is CCc1c(-c2nc(Nc3ccc(N4CCN(C5COC5)CC4)cc3)c3ncn(COCC[Si](C)(C)C)c3n2)cc(F)cc1N1CCn2c(cc3c2CCCC3)C1=O. The van der Waals surface area contributed by atoms with Gasteiger partial charge in [-0.1, -0.05) is 26.6 Å². The average molecular weight is 792 g/mol. The lowest BCUT2D eigenvalue weighted by Gasteiger charge is -2.43. The van der Waals surface area contributed by atoms with Crippen LogP contribution in [0.25, 0.3) is 22.6 Å². The van der Waals surface area contributed by atoms with Crippen LogP contribution >= 0.6 is 0 Å². The molecular weight excluding hydrogens is 738 g/mol. The van der Waals surface area contributed by atoms with Crippen molar-refractivity contribution in [2.45, 2.75) is 84.0 Å². The summed E-state index contributed by atoms with van der Waals surface area (Å²) in [5.41, 5.74) is 8.43. The average Bonchev–Trinajstić information content (AvgIpc) is 3.78. The molecule has 4 aliphatic rings. The van der Waals surface area contributed by atoms with Gasteiger partial charge in [-0.25, -0.2) is 19.3 Å². The highest BCUT2D eigenvalue weighted by Gasteiger charge is 2.33. The number of carbonyl (C=O) groups is 1. The van der Waals surface area contributed by atoms with Crippen LogP contribution in [0.3, 0.4) is 0 Å². The van der Waals surface area contributed by atoms with Crippen molar-refractivity contribution in [2.75, 3.05) is 67.7 Å². The zero-order valence-electron chi connectivity index (χ0n) is 33.7. The predicted molar refractivity (Wildman–Crippen MR) is 225 cm³/mol. The molecule has 57 heavy (non-hydrogen) atoms. The number of fused-ring (bicyclic) bond motifs is 4. The van der Waals surface area contributed by atoms with E-state index in [9.17, 15) is 4.79 Å². The topological polar surface area (TPSA) is 106 Å². The number of carbonyl (C=O) groups excluding carboxylic acids is 1. The fraction of sp³-hybridized carbons (Fsp3) is 0.488. The number of imidazole rings is 1. The normalized spacial score (nSPS) is 17.9. The molecule has 2 fully saturated rings. The Kier molecular flexibility index (Phi) is 10.4. The van der Waals surface area contributed by atoms with E-state index in [1.54, 1.807) is 11.2 Å². The molecule has 1 amide bonds. The maximum Gasteiger partial charge on any atom is 0.274 e. The zero-order chi connectivity index (χ0) is 39.3. The number of anilines is 4. The number of piperazine rings is 1. The summed E-state index contributed by atoms with van der Waals surface area (Å²) in [5.74, 6) is 0.350. The van der Waals surface area contributed by atoms with E-state index < -0.39 is 13.9 Å². The van der Waals surface area contributed by atoms with Crippen LogP contribution < -0.4 is 15.1 Å². The first-order valence-electron chi connectivity index (χ1n) is 20.7. The van der Waals surface area contributed by atoms with Gasteiger partial charge in [-0.15, -0.1) is 0 Å². The maximum atomic E-state index is 15.9. The molecule has 0 atom stereocenters. The number of rotatable bonds is 12. The second-order valence-electron chi connectivity index (χ2n) is 17.1. The third-order valence-corrected chi connectivity index (χ3v) is 13.8. The number of amides is 1. The molecule has 0 spiro atoms. The van der Waals surface area contributed by atoms with E-state index in [1.165, 1.54) is 29.1 Å². The van der Waals surface area contributed by atoms with Crippen molar-refractivity contribution in [3.05, 3.63) is 77.1 Å². The number of hydrogen-bond donors (Lipinski definition) is 1. The van der Waals surface area contributed by atoms with E-state index in [4.69, 9.17) is 24.4 Å². The second kappa shape index (κ2) is 15.6. The van der Waals surface area contributed by atoms with Crippen molar-refractivity contribution >= 4 is 48.0 Å². The Balaban J connectivity index is 1.04. The molecule has 5 aromatic rings. The van der Waals surface area contributed by atoms with Crippen LogP contribution in [-0.4, -0.2) is 102 Å². The summed E-state index contributed by atoms with van der Waals surface area (Å²) in [6.07, 6.45) is 6.58. The van der Waals surface area contributed by atoms with E-state index in [-0.39, 0.29) is 12.6 Å². The molecule has 0 saturated carbocycles. The van der Waals surface area contributed by atoms with E-state index in [2.05, 4.69) is 69.7 Å². The Morgan fingerprint density at radius 1 is 0.965 bits per heavy atom. The molecule has 1 N–H and O–H groups in total. The number of halogens is 1. The van der Waals surface area contributed by atoms with Crippen molar-refractivity contribution in [1.82, 2.24) is 29.0 Å². The smallest absolute Gasteiger partial charge is 0.274 e. The van der Waals surface area contributed by atoms with Gasteiger partial charge in [-0.05, 0) is 91.7 Å². The highest BCUT2D eigenvalue weighted by molar-refractivity contribution is 6.76. The van der Waals surface area contributed by atoms with E-state index in [0.29, 0.717) is 71.9 Å². The molecule has 300 valence electrons. The number of aromatic nitrogens is 5. The van der Waals surface area contributed by atoms with Crippen LogP contribution in [0, 0.1) is 5.82 Å². The van der Waals surface area contributed by atoms with Gasteiger partial charge in [0, 0.05) is 76.6 Å². The van der Waals surface area contributed by atoms with Crippen molar-refractivity contribution in [1.29, 1.82) is 0 Å². The van der Waals surface area contributed by atoms with Crippen LogP contribution in [0.2, 0.25) is 25.7 Å². The molecule has 2 aromatic carbocycles. The number of hydrogen-bond acceptors (Lipinski definition) is 9. The molecule has 0 bridgehead atoms. The Hall–Kier alpha value is -4.63. The molecule has 3 aromatic heterocycles. The minimum absolute atomic E-state index is 0.0903. The maximum absolute atomic E-state index is 15.9. The van der Waals surface area contributed by atoms with Gasteiger partial charge in [-0.2, -0.15) is 0 Å². The molecule has 12 nitrogen and oxygen atoms in total. The fourth-order valence-electron chi connectivity index (χ4n) is 8.76. The van der Waals surface area contributed by atoms with Crippen LogP contribution in [-0.2, 0) is 42.0 Å². The Bertz CT molecular complexity index is 2270. The van der Waals surface area contributed by atoms with Gasteiger partial charge in [0.25, 0.3) is 5.91 Å². The first-order valence-corrected chi connectivity index (χ1v) is 24.4. The van der Waals surface area contributed by atoms with Crippen molar-refractivity contribution in [2.24, 2.45) is 0 Å². The van der Waals surface area contributed by atoms with Gasteiger partial charge >= 0.3 is 0 Å². The molecule has 9 rings (SSSR count). The minimum Gasteiger partial charge on any atom is -0.378 e. The lowest BCUT2D eigenvalue weighted by atomic mass is 9.98. The Morgan fingerprint density at radius 2 is 1.75 bits per heavy atom. The molecule has 3 aliphatic heterocycles. The molecule has 0 radical (unpaired) electrons. The van der Waals surface area contributed by atoms with Gasteiger partial charge in [0.2, 0.25) is 0 Å². The number of nitrogens with one attached hydrogen (secondary N) is 1. The van der Waals surface area contributed by atoms with Crippen molar-refractivity contribution in [3.8, 4) is 11.4 Å². The third kappa shape index (κ3) is 7.60. The standard InChI is InChI=1S/C43H54FN9O3Si/c1-5-34-35(23-30(44)24-37(34)53-19-18-52-36-9-7-6-8-29(36)22-38(52)43(53)54)40-47-41(39-42(48-40)51(27-45-39)28-55-20-21-57(2,3)4)46-31-10-12-32(13-11-31)49-14-16-50(17-15-49)33-25-56-26-33/h10-13,22-24,27,33H,5-9,14-21,25-26,28H2,1-4H3,(H,46,47,48). The van der Waals surface area contributed by atoms with E-state index in [0.717, 1.165) is 82.4 Å².